The standard InChI is InChI=1S/C16H15ClN2O2S/c1-22-11-6-7-13(17)12(9-11)16(21)19-14-5-3-2-4-10(14)8-15(18)20/h2-7,9H,8H2,1H3,(H2,18,20)(H,19,21). The topological polar surface area (TPSA) is 72.2 Å². The third kappa shape index (κ3) is 4.02. The monoisotopic (exact) mass is 334 g/mol. The van der Waals surface area contributed by atoms with Crippen molar-refractivity contribution < 1.29 is 9.59 Å². The molecule has 0 aliphatic rings. The van der Waals surface area contributed by atoms with Gasteiger partial charge in [0.05, 0.1) is 17.0 Å². The Bertz CT molecular complexity index is 719. The second-order valence-corrected chi connectivity index (χ2v) is 5.89. The molecular formula is C16H15ClN2O2S. The number of para-hydroxylation sites is 1. The van der Waals surface area contributed by atoms with Gasteiger partial charge in [-0.15, -0.1) is 11.8 Å². The van der Waals surface area contributed by atoms with E-state index in [1.165, 1.54) is 11.8 Å². The van der Waals surface area contributed by atoms with Crippen LogP contribution in [-0.2, 0) is 11.2 Å². The molecule has 114 valence electrons. The maximum absolute atomic E-state index is 12.4. The molecule has 2 aromatic carbocycles. The fraction of sp³-hybridized carbons (Fsp3) is 0.125. The summed E-state index contributed by atoms with van der Waals surface area (Å²) in [6.07, 6.45) is 1.99. The minimum absolute atomic E-state index is 0.0645. The number of halogens is 1. The van der Waals surface area contributed by atoms with Crippen molar-refractivity contribution >= 4 is 40.9 Å². The molecule has 0 bridgehead atoms. The van der Waals surface area contributed by atoms with Gasteiger partial charge in [0.15, 0.2) is 0 Å². The molecule has 0 aromatic heterocycles. The van der Waals surface area contributed by atoms with Crippen LogP contribution in [-0.4, -0.2) is 18.1 Å². The highest BCUT2D eigenvalue weighted by atomic mass is 35.5. The largest absolute Gasteiger partial charge is 0.369 e. The van der Waals surface area contributed by atoms with Gasteiger partial charge in [-0.05, 0) is 36.1 Å². The van der Waals surface area contributed by atoms with Crippen LogP contribution in [0.25, 0.3) is 0 Å². The Hall–Kier alpha value is -1.98. The SMILES string of the molecule is CSc1ccc(Cl)c(C(=O)Nc2ccccc2CC(N)=O)c1. The molecule has 0 saturated carbocycles. The van der Waals surface area contributed by atoms with Gasteiger partial charge >= 0.3 is 0 Å². The van der Waals surface area contributed by atoms with Gasteiger partial charge in [-0.25, -0.2) is 0 Å². The van der Waals surface area contributed by atoms with Crippen LogP contribution in [0.5, 0.6) is 0 Å². The highest BCUT2D eigenvalue weighted by Crippen LogP contribution is 2.24. The first-order valence-electron chi connectivity index (χ1n) is 6.52. The lowest BCUT2D eigenvalue weighted by Gasteiger charge is -2.11. The summed E-state index contributed by atoms with van der Waals surface area (Å²) in [5, 5.41) is 3.16. The second-order valence-electron chi connectivity index (χ2n) is 4.60. The van der Waals surface area contributed by atoms with E-state index in [9.17, 15) is 9.59 Å². The van der Waals surface area contributed by atoms with E-state index in [2.05, 4.69) is 5.32 Å². The summed E-state index contributed by atoms with van der Waals surface area (Å²) in [6, 6.07) is 12.3. The molecule has 2 rings (SSSR count). The van der Waals surface area contributed by atoms with Gasteiger partial charge in [0, 0.05) is 10.6 Å². The molecule has 0 aliphatic heterocycles. The number of rotatable bonds is 5. The van der Waals surface area contributed by atoms with Crippen molar-refractivity contribution in [1.82, 2.24) is 0 Å². The number of anilines is 1. The Balaban J connectivity index is 2.28. The molecule has 4 nitrogen and oxygen atoms in total. The maximum atomic E-state index is 12.4. The maximum Gasteiger partial charge on any atom is 0.257 e. The zero-order valence-electron chi connectivity index (χ0n) is 11.9. The van der Waals surface area contributed by atoms with Crippen molar-refractivity contribution in [2.45, 2.75) is 11.3 Å². The van der Waals surface area contributed by atoms with Crippen LogP contribution in [0.4, 0.5) is 5.69 Å². The number of carbonyl (C=O) groups is 2. The first kappa shape index (κ1) is 16.4. The van der Waals surface area contributed by atoms with Crippen LogP contribution in [0, 0.1) is 0 Å². The molecule has 0 fully saturated rings. The Kier molecular flexibility index (Phi) is 5.46. The zero-order valence-corrected chi connectivity index (χ0v) is 13.5. The highest BCUT2D eigenvalue weighted by molar-refractivity contribution is 7.98. The summed E-state index contributed by atoms with van der Waals surface area (Å²) in [7, 11) is 0. The average Bonchev–Trinajstić information content (AvgIpc) is 2.49. The van der Waals surface area contributed by atoms with Gasteiger partial charge in [-0.1, -0.05) is 29.8 Å². The number of amides is 2. The zero-order chi connectivity index (χ0) is 16.1. The fourth-order valence-corrected chi connectivity index (χ4v) is 2.62. The van der Waals surface area contributed by atoms with Gasteiger partial charge in [-0.3, -0.25) is 9.59 Å². The molecule has 0 atom stereocenters. The molecular weight excluding hydrogens is 320 g/mol. The summed E-state index contributed by atoms with van der Waals surface area (Å²) < 4.78 is 0. The molecule has 0 unspecified atom stereocenters. The van der Waals surface area contributed by atoms with E-state index in [-0.39, 0.29) is 12.3 Å². The first-order valence-corrected chi connectivity index (χ1v) is 8.12. The van der Waals surface area contributed by atoms with Crippen molar-refractivity contribution in [2.24, 2.45) is 5.73 Å². The molecule has 22 heavy (non-hydrogen) atoms. The lowest BCUT2D eigenvalue weighted by atomic mass is 10.1. The van der Waals surface area contributed by atoms with Crippen LogP contribution >= 0.6 is 23.4 Å². The van der Waals surface area contributed by atoms with E-state index < -0.39 is 5.91 Å². The first-order chi connectivity index (χ1) is 10.5. The smallest absolute Gasteiger partial charge is 0.257 e. The number of carbonyl (C=O) groups excluding carboxylic acids is 2. The highest BCUT2D eigenvalue weighted by Gasteiger charge is 2.14. The Labute approximate surface area is 138 Å². The van der Waals surface area contributed by atoms with Gasteiger partial charge in [0.25, 0.3) is 5.91 Å². The van der Waals surface area contributed by atoms with E-state index in [0.29, 0.717) is 21.8 Å². The van der Waals surface area contributed by atoms with Gasteiger partial charge in [-0.2, -0.15) is 0 Å². The summed E-state index contributed by atoms with van der Waals surface area (Å²) in [4.78, 5) is 24.5. The summed E-state index contributed by atoms with van der Waals surface area (Å²) in [6.45, 7) is 0. The number of nitrogens with two attached hydrogens (primary N) is 1. The van der Waals surface area contributed by atoms with Crippen LogP contribution < -0.4 is 11.1 Å². The van der Waals surface area contributed by atoms with Crippen LogP contribution in [0.2, 0.25) is 5.02 Å². The quantitative estimate of drug-likeness (QED) is 0.824. The van der Waals surface area contributed by atoms with Crippen molar-refractivity contribution in [3.05, 3.63) is 58.6 Å². The van der Waals surface area contributed by atoms with E-state index >= 15 is 0 Å². The number of thioether (sulfide) groups is 1. The molecule has 0 heterocycles. The lowest BCUT2D eigenvalue weighted by molar-refractivity contribution is -0.117. The lowest BCUT2D eigenvalue weighted by Crippen LogP contribution is -2.18. The number of nitrogens with one attached hydrogen (secondary N) is 1. The van der Waals surface area contributed by atoms with E-state index in [4.69, 9.17) is 17.3 Å². The molecule has 2 aromatic rings. The van der Waals surface area contributed by atoms with Crippen LogP contribution in [0.3, 0.4) is 0 Å². The minimum atomic E-state index is -0.455. The predicted molar refractivity (Wildman–Crippen MR) is 90.5 cm³/mol. The van der Waals surface area contributed by atoms with Crippen LogP contribution in [0.1, 0.15) is 15.9 Å². The molecule has 0 spiro atoms. The Morgan fingerprint density at radius 1 is 1.23 bits per heavy atom. The number of benzene rings is 2. The average molecular weight is 335 g/mol. The molecule has 0 aliphatic carbocycles. The summed E-state index contributed by atoms with van der Waals surface area (Å²) in [5.41, 5.74) is 6.83. The van der Waals surface area contributed by atoms with Crippen molar-refractivity contribution in [3.8, 4) is 0 Å². The number of hydrogen-bond acceptors (Lipinski definition) is 3. The van der Waals surface area contributed by atoms with Crippen LogP contribution in [0.15, 0.2) is 47.4 Å². The molecule has 0 radical (unpaired) electrons. The number of hydrogen-bond donors (Lipinski definition) is 2. The van der Waals surface area contributed by atoms with E-state index in [1.807, 2.05) is 12.3 Å². The third-order valence-electron chi connectivity index (χ3n) is 3.05. The molecule has 6 heteroatoms. The minimum Gasteiger partial charge on any atom is -0.369 e. The molecule has 3 N–H and O–H groups in total. The number of primary amides is 1. The molecule has 2 amide bonds. The fourth-order valence-electron chi connectivity index (χ4n) is 1.98. The Morgan fingerprint density at radius 2 is 1.95 bits per heavy atom. The summed E-state index contributed by atoms with van der Waals surface area (Å²) >= 11 is 7.62. The third-order valence-corrected chi connectivity index (χ3v) is 4.10. The summed E-state index contributed by atoms with van der Waals surface area (Å²) in [5.74, 6) is -0.776. The normalized spacial score (nSPS) is 10.3. The second kappa shape index (κ2) is 7.33. The van der Waals surface area contributed by atoms with Crippen molar-refractivity contribution in [2.75, 3.05) is 11.6 Å². The van der Waals surface area contributed by atoms with Crippen molar-refractivity contribution in [3.63, 3.8) is 0 Å². The van der Waals surface area contributed by atoms with Gasteiger partial charge < -0.3 is 11.1 Å². The predicted octanol–water partition coefficient (Wildman–Crippen LogP) is 3.34. The van der Waals surface area contributed by atoms with Gasteiger partial charge in [0.1, 0.15) is 0 Å². The van der Waals surface area contributed by atoms with E-state index in [1.54, 1.807) is 36.4 Å². The van der Waals surface area contributed by atoms with Crippen molar-refractivity contribution in [1.29, 1.82) is 0 Å². The Morgan fingerprint density at radius 3 is 2.64 bits per heavy atom. The van der Waals surface area contributed by atoms with E-state index in [0.717, 1.165) is 4.90 Å². The molecule has 0 saturated heterocycles. The van der Waals surface area contributed by atoms with Gasteiger partial charge in [0.2, 0.25) is 5.91 Å².